The second kappa shape index (κ2) is 9.17. The summed E-state index contributed by atoms with van der Waals surface area (Å²) in [7, 11) is 0. The molecule has 6 nitrogen and oxygen atoms in total. The number of ether oxygens (including phenoxy) is 1. The first-order chi connectivity index (χ1) is 15.5. The Morgan fingerprint density at radius 2 is 1.72 bits per heavy atom. The highest BCUT2D eigenvalue weighted by Crippen LogP contribution is 2.33. The topological polar surface area (TPSA) is 72.8 Å². The summed E-state index contributed by atoms with van der Waals surface area (Å²) in [6.45, 7) is 2.92. The predicted octanol–water partition coefficient (Wildman–Crippen LogP) is 6.11. The maximum absolute atomic E-state index is 12.8. The van der Waals surface area contributed by atoms with E-state index in [2.05, 4.69) is 32.2 Å². The van der Waals surface area contributed by atoms with Crippen molar-refractivity contribution >= 4 is 16.7 Å². The molecule has 0 saturated carbocycles. The molecule has 0 atom stereocenters. The zero-order valence-corrected chi connectivity index (χ0v) is 17.2. The number of fused-ring (bicyclic) bond motifs is 1. The van der Waals surface area contributed by atoms with Crippen molar-refractivity contribution in [1.29, 1.82) is 0 Å². The van der Waals surface area contributed by atoms with Crippen molar-refractivity contribution in [2.24, 2.45) is 0 Å². The molecule has 2 aromatic carbocycles. The Bertz CT molecular complexity index is 1210. The lowest BCUT2D eigenvalue weighted by Gasteiger charge is -2.11. The summed E-state index contributed by atoms with van der Waals surface area (Å²) in [6.07, 6.45) is 0.477. The summed E-state index contributed by atoms with van der Waals surface area (Å²) >= 11 is 0. The molecule has 0 aliphatic carbocycles. The Morgan fingerprint density at radius 3 is 2.47 bits per heavy atom. The number of halogens is 3. The van der Waals surface area contributed by atoms with Gasteiger partial charge in [0.15, 0.2) is 5.75 Å². The van der Waals surface area contributed by atoms with Crippen molar-refractivity contribution in [3.63, 3.8) is 0 Å². The summed E-state index contributed by atoms with van der Waals surface area (Å²) in [5.74, 6) is 1.46. The van der Waals surface area contributed by atoms with Crippen LogP contribution in [-0.4, -0.2) is 26.5 Å². The van der Waals surface area contributed by atoms with E-state index in [1.54, 1.807) is 12.1 Å². The Kier molecular flexibility index (Phi) is 6.16. The van der Waals surface area contributed by atoms with Crippen LogP contribution in [0.2, 0.25) is 0 Å². The molecule has 1 N–H and O–H groups in total. The van der Waals surface area contributed by atoms with E-state index >= 15 is 0 Å². The number of aromatic nitrogens is 4. The summed E-state index contributed by atoms with van der Waals surface area (Å²) in [5.41, 5.74) is 0.871. The van der Waals surface area contributed by atoms with E-state index in [0.717, 1.165) is 42.7 Å². The molecule has 0 bridgehead atoms. The average Bonchev–Trinajstić information content (AvgIpc) is 2.79. The summed E-state index contributed by atoms with van der Waals surface area (Å²) in [6, 6.07) is 11.9. The molecule has 32 heavy (non-hydrogen) atoms. The van der Waals surface area contributed by atoms with E-state index in [-0.39, 0.29) is 5.88 Å². The Balaban J connectivity index is 1.60. The van der Waals surface area contributed by atoms with Crippen LogP contribution >= 0.6 is 0 Å². The monoisotopic (exact) mass is 439 g/mol. The van der Waals surface area contributed by atoms with Gasteiger partial charge in [-0.2, -0.15) is 13.2 Å². The molecule has 0 aliphatic rings. The Hall–Kier alpha value is -3.75. The lowest BCUT2D eigenvalue weighted by molar-refractivity contribution is -0.137. The van der Waals surface area contributed by atoms with Gasteiger partial charge in [-0.15, -0.1) is 0 Å². The summed E-state index contributed by atoms with van der Waals surface area (Å²) in [4.78, 5) is 17.0. The van der Waals surface area contributed by atoms with Crippen molar-refractivity contribution < 1.29 is 17.9 Å². The SMILES string of the molecule is CCCCNc1ncnc2c(Oc3cc(-c4ccc(C(F)(F)F)cc4)ncn3)cccc12. The molecule has 9 heteroatoms. The number of rotatable bonds is 7. The van der Waals surface area contributed by atoms with E-state index in [0.29, 0.717) is 22.5 Å². The van der Waals surface area contributed by atoms with Crippen LogP contribution in [0, 0.1) is 0 Å². The van der Waals surface area contributed by atoms with E-state index < -0.39 is 11.7 Å². The van der Waals surface area contributed by atoms with Gasteiger partial charge in [-0.3, -0.25) is 0 Å². The van der Waals surface area contributed by atoms with Gasteiger partial charge in [0, 0.05) is 23.6 Å². The molecule has 0 unspecified atom stereocenters. The van der Waals surface area contributed by atoms with Crippen molar-refractivity contribution in [3.05, 3.63) is 66.7 Å². The van der Waals surface area contributed by atoms with Crippen LogP contribution in [0.4, 0.5) is 19.0 Å². The van der Waals surface area contributed by atoms with Crippen LogP contribution < -0.4 is 10.1 Å². The number of alkyl halides is 3. The highest BCUT2D eigenvalue weighted by Gasteiger charge is 2.30. The van der Waals surface area contributed by atoms with Crippen LogP contribution in [-0.2, 0) is 6.18 Å². The standard InChI is InChI=1S/C23H20F3N5O/c1-2-3-11-27-22-17-5-4-6-19(21(17)30-14-31-22)32-20-12-18(28-13-29-20)15-7-9-16(10-8-15)23(24,25)26/h4-10,12-14H,2-3,11H2,1H3,(H,27,30,31). The summed E-state index contributed by atoms with van der Waals surface area (Å²) < 4.78 is 44.4. The van der Waals surface area contributed by atoms with Crippen LogP contribution in [0.5, 0.6) is 11.6 Å². The minimum atomic E-state index is -4.39. The molecule has 4 aromatic rings. The molecule has 0 saturated heterocycles. The molecular formula is C23H20F3N5O. The first kappa shape index (κ1) is 21.5. The van der Waals surface area contributed by atoms with Crippen LogP contribution in [0.3, 0.4) is 0 Å². The van der Waals surface area contributed by atoms with Crippen molar-refractivity contribution in [1.82, 2.24) is 19.9 Å². The largest absolute Gasteiger partial charge is 0.437 e. The quantitative estimate of drug-likeness (QED) is 0.350. The summed E-state index contributed by atoms with van der Waals surface area (Å²) in [5, 5.41) is 4.13. The van der Waals surface area contributed by atoms with E-state index in [9.17, 15) is 13.2 Å². The van der Waals surface area contributed by atoms with Gasteiger partial charge in [0.1, 0.15) is 24.0 Å². The number of nitrogens with one attached hydrogen (secondary N) is 1. The fourth-order valence-corrected chi connectivity index (χ4v) is 3.16. The molecule has 0 amide bonds. The lowest BCUT2D eigenvalue weighted by Crippen LogP contribution is -2.04. The predicted molar refractivity (Wildman–Crippen MR) is 115 cm³/mol. The van der Waals surface area contributed by atoms with E-state index in [4.69, 9.17) is 4.74 Å². The van der Waals surface area contributed by atoms with Gasteiger partial charge in [-0.25, -0.2) is 19.9 Å². The highest BCUT2D eigenvalue weighted by molar-refractivity contribution is 5.93. The molecule has 0 radical (unpaired) electrons. The van der Waals surface area contributed by atoms with E-state index in [1.165, 1.54) is 24.8 Å². The van der Waals surface area contributed by atoms with Crippen LogP contribution in [0.25, 0.3) is 22.2 Å². The minimum absolute atomic E-state index is 0.251. The average molecular weight is 439 g/mol. The smallest absolute Gasteiger partial charge is 0.416 e. The van der Waals surface area contributed by atoms with Crippen molar-refractivity contribution in [2.45, 2.75) is 25.9 Å². The third kappa shape index (κ3) is 4.77. The van der Waals surface area contributed by atoms with Gasteiger partial charge in [0.05, 0.1) is 11.3 Å². The number of anilines is 1. The molecule has 0 aliphatic heterocycles. The maximum atomic E-state index is 12.8. The first-order valence-electron chi connectivity index (χ1n) is 10.1. The van der Waals surface area contributed by atoms with Gasteiger partial charge in [0.25, 0.3) is 0 Å². The highest BCUT2D eigenvalue weighted by atomic mass is 19.4. The zero-order chi connectivity index (χ0) is 22.6. The zero-order valence-electron chi connectivity index (χ0n) is 17.2. The molecule has 0 spiro atoms. The van der Waals surface area contributed by atoms with Crippen molar-refractivity contribution in [2.75, 3.05) is 11.9 Å². The van der Waals surface area contributed by atoms with Gasteiger partial charge < -0.3 is 10.1 Å². The minimum Gasteiger partial charge on any atom is -0.437 e. The lowest BCUT2D eigenvalue weighted by atomic mass is 10.1. The Morgan fingerprint density at radius 1 is 0.938 bits per heavy atom. The number of unbranched alkanes of at least 4 members (excludes halogenated alkanes) is 1. The van der Waals surface area contributed by atoms with Gasteiger partial charge >= 0.3 is 6.18 Å². The normalized spacial score (nSPS) is 11.5. The van der Waals surface area contributed by atoms with Crippen LogP contribution in [0.15, 0.2) is 61.2 Å². The second-order valence-corrected chi connectivity index (χ2v) is 7.07. The fraction of sp³-hybridized carbons (Fsp3) is 0.217. The van der Waals surface area contributed by atoms with Gasteiger partial charge in [-0.05, 0) is 30.7 Å². The third-order valence-electron chi connectivity index (χ3n) is 4.82. The molecule has 0 fully saturated rings. The molecule has 4 rings (SSSR count). The molecule has 164 valence electrons. The number of para-hydroxylation sites is 1. The third-order valence-corrected chi connectivity index (χ3v) is 4.82. The van der Waals surface area contributed by atoms with Gasteiger partial charge in [0.2, 0.25) is 5.88 Å². The fourth-order valence-electron chi connectivity index (χ4n) is 3.16. The number of benzene rings is 2. The number of nitrogens with zero attached hydrogens (tertiary/aromatic N) is 4. The molecule has 2 aromatic heterocycles. The van der Waals surface area contributed by atoms with Gasteiger partial charge in [-0.1, -0.05) is 31.5 Å². The maximum Gasteiger partial charge on any atom is 0.416 e. The number of hydrogen-bond donors (Lipinski definition) is 1. The van der Waals surface area contributed by atoms with Crippen molar-refractivity contribution in [3.8, 4) is 22.9 Å². The molecular weight excluding hydrogens is 419 g/mol. The number of hydrogen-bond acceptors (Lipinski definition) is 6. The van der Waals surface area contributed by atoms with E-state index in [1.807, 2.05) is 12.1 Å². The van der Waals surface area contributed by atoms with Crippen LogP contribution in [0.1, 0.15) is 25.3 Å². The second-order valence-electron chi connectivity index (χ2n) is 7.07. The molecule has 2 heterocycles. The Labute approximate surface area is 182 Å². The first-order valence-corrected chi connectivity index (χ1v) is 10.1.